The Bertz CT molecular complexity index is 519. The van der Waals surface area contributed by atoms with Gasteiger partial charge in [-0.15, -0.1) is 0 Å². The summed E-state index contributed by atoms with van der Waals surface area (Å²) in [6, 6.07) is 2.33. The number of rotatable bonds is 5. The lowest BCUT2D eigenvalue weighted by Gasteiger charge is -2.20. The number of likely N-dealkylation sites (tertiary alicyclic amines) is 1. The van der Waals surface area contributed by atoms with Crippen LogP contribution in [-0.4, -0.2) is 37.0 Å². The van der Waals surface area contributed by atoms with Gasteiger partial charge in [-0.2, -0.15) is 0 Å². The van der Waals surface area contributed by atoms with Gasteiger partial charge < -0.3 is 10.2 Å². The van der Waals surface area contributed by atoms with Crippen LogP contribution in [-0.2, 0) is 0 Å². The third-order valence-electron chi connectivity index (χ3n) is 3.63. The van der Waals surface area contributed by atoms with Crippen LogP contribution < -0.4 is 5.32 Å². The Labute approximate surface area is 134 Å². The van der Waals surface area contributed by atoms with Crippen LogP contribution in [0.25, 0.3) is 0 Å². The van der Waals surface area contributed by atoms with Gasteiger partial charge in [0.25, 0.3) is 5.91 Å². The van der Waals surface area contributed by atoms with Crippen molar-refractivity contribution in [3.05, 3.63) is 33.6 Å². The average molecular weight is 333 g/mol. The highest BCUT2D eigenvalue weighted by Gasteiger charge is 2.17. The SMILES string of the molecule is CC(CNC(=O)c1cc(F)c(Cl)cc1Cl)CN1CCCC1. The fourth-order valence-corrected chi connectivity index (χ4v) is 3.00. The number of nitrogens with zero attached hydrogens (tertiary/aromatic N) is 1. The number of hydrogen-bond acceptors (Lipinski definition) is 2. The van der Waals surface area contributed by atoms with Gasteiger partial charge in [0.1, 0.15) is 5.82 Å². The quantitative estimate of drug-likeness (QED) is 0.835. The van der Waals surface area contributed by atoms with Gasteiger partial charge in [0, 0.05) is 13.1 Å². The predicted octanol–water partition coefficient (Wildman–Crippen LogP) is 3.59. The molecule has 0 aliphatic carbocycles. The van der Waals surface area contributed by atoms with Crippen molar-refractivity contribution in [2.75, 3.05) is 26.2 Å². The van der Waals surface area contributed by atoms with E-state index < -0.39 is 5.82 Å². The maximum atomic E-state index is 13.4. The molecule has 6 heteroatoms. The minimum Gasteiger partial charge on any atom is -0.352 e. The van der Waals surface area contributed by atoms with Gasteiger partial charge >= 0.3 is 0 Å². The fourth-order valence-electron chi connectivity index (χ4n) is 2.53. The summed E-state index contributed by atoms with van der Waals surface area (Å²) in [5.74, 6) is -0.678. The highest BCUT2D eigenvalue weighted by atomic mass is 35.5. The molecular weight excluding hydrogens is 314 g/mol. The van der Waals surface area contributed by atoms with Gasteiger partial charge in [-0.05, 0) is 44.0 Å². The summed E-state index contributed by atoms with van der Waals surface area (Å²) in [6.45, 7) is 5.85. The van der Waals surface area contributed by atoms with E-state index in [0.717, 1.165) is 25.7 Å². The summed E-state index contributed by atoms with van der Waals surface area (Å²) in [5, 5.41) is 2.87. The van der Waals surface area contributed by atoms with Gasteiger partial charge in [-0.1, -0.05) is 30.1 Å². The van der Waals surface area contributed by atoms with E-state index in [0.29, 0.717) is 12.5 Å². The largest absolute Gasteiger partial charge is 0.352 e. The van der Waals surface area contributed by atoms with Crippen LogP contribution in [0.4, 0.5) is 4.39 Å². The third kappa shape index (κ3) is 4.56. The molecule has 0 spiro atoms. The zero-order chi connectivity index (χ0) is 15.4. The third-order valence-corrected chi connectivity index (χ3v) is 4.24. The Morgan fingerprint density at radius 1 is 1.33 bits per heavy atom. The molecule has 0 saturated carbocycles. The highest BCUT2D eigenvalue weighted by molar-refractivity contribution is 6.36. The normalized spacial score (nSPS) is 17.0. The molecule has 0 radical (unpaired) electrons. The second-order valence-electron chi connectivity index (χ2n) is 5.57. The van der Waals surface area contributed by atoms with Gasteiger partial charge in [-0.3, -0.25) is 4.79 Å². The summed E-state index contributed by atoms with van der Waals surface area (Å²) >= 11 is 11.5. The number of hydrogen-bond donors (Lipinski definition) is 1. The molecule has 0 bridgehead atoms. The minimum atomic E-state index is -0.642. The summed E-state index contributed by atoms with van der Waals surface area (Å²) in [7, 11) is 0. The van der Waals surface area contributed by atoms with Crippen LogP contribution in [0.5, 0.6) is 0 Å². The Hall–Kier alpha value is -0.840. The fraction of sp³-hybridized carbons (Fsp3) is 0.533. The first-order valence-corrected chi connectivity index (χ1v) is 7.88. The first-order valence-electron chi connectivity index (χ1n) is 7.12. The van der Waals surface area contributed by atoms with Crippen molar-refractivity contribution in [1.82, 2.24) is 10.2 Å². The van der Waals surface area contributed by atoms with Crippen LogP contribution in [0, 0.1) is 11.7 Å². The van der Waals surface area contributed by atoms with Gasteiger partial charge in [0.2, 0.25) is 0 Å². The molecule has 1 heterocycles. The molecule has 1 fully saturated rings. The van der Waals surface area contributed by atoms with E-state index in [9.17, 15) is 9.18 Å². The number of carbonyl (C=O) groups is 1. The molecule has 0 aromatic heterocycles. The number of halogens is 3. The molecule has 1 aromatic rings. The first-order chi connectivity index (χ1) is 9.97. The maximum absolute atomic E-state index is 13.4. The molecule has 1 aromatic carbocycles. The minimum absolute atomic E-state index is 0.0843. The molecule has 116 valence electrons. The number of nitrogens with one attached hydrogen (secondary N) is 1. The molecule has 2 rings (SSSR count). The van der Waals surface area contributed by atoms with Crippen molar-refractivity contribution < 1.29 is 9.18 Å². The van der Waals surface area contributed by atoms with Crippen molar-refractivity contribution in [3.8, 4) is 0 Å². The molecule has 3 nitrogen and oxygen atoms in total. The number of carbonyl (C=O) groups excluding carboxylic acids is 1. The molecule has 1 atom stereocenters. The summed E-state index contributed by atoms with van der Waals surface area (Å²) in [6.07, 6.45) is 2.50. The van der Waals surface area contributed by atoms with Crippen LogP contribution in [0.15, 0.2) is 12.1 Å². The lowest BCUT2D eigenvalue weighted by Crippen LogP contribution is -2.34. The second kappa shape index (κ2) is 7.43. The van der Waals surface area contributed by atoms with Crippen molar-refractivity contribution in [1.29, 1.82) is 0 Å². The molecule has 1 unspecified atom stereocenters. The van der Waals surface area contributed by atoms with E-state index in [1.54, 1.807) is 0 Å². The van der Waals surface area contributed by atoms with Crippen molar-refractivity contribution in [3.63, 3.8) is 0 Å². The second-order valence-corrected chi connectivity index (χ2v) is 6.38. The van der Waals surface area contributed by atoms with Crippen molar-refractivity contribution in [2.45, 2.75) is 19.8 Å². The Kier molecular flexibility index (Phi) is 5.85. The van der Waals surface area contributed by atoms with E-state index in [-0.39, 0.29) is 21.5 Å². The van der Waals surface area contributed by atoms with Crippen molar-refractivity contribution >= 4 is 29.1 Å². The van der Waals surface area contributed by atoms with Crippen LogP contribution >= 0.6 is 23.2 Å². The predicted molar refractivity (Wildman–Crippen MR) is 83.6 cm³/mol. The monoisotopic (exact) mass is 332 g/mol. The zero-order valence-electron chi connectivity index (χ0n) is 12.0. The van der Waals surface area contributed by atoms with Crippen LogP contribution in [0.1, 0.15) is 30.1 Å². The van der Waals surface area contributed by atoms with E-state index in [1.807, 2.05) is 0 Å². The standard InChI is InChI=1S/C15H19Cl2FN2O/c1-10(9-20-4-2-3-5-20)8-19-15(21)11-6-14(18)13(17)7-12(11)16/h6-7,10H,2-5,8-9H2,1H3,(H,19,21). The lowest BCUT2D eigenvalue weighted by molar-refractivity contribution is 0.0945. The first kappa shape index (κ1) is 16.5. The topological polar surface area (TPSA) is 32.3 Å². The summed E-state index contributed by atoms with van der Waals surface area (Å²) < 4.78 is 13.4. The van der Waals surface area contributed by atoms with Gasteiger partial charge in [0.15, 0.2) is 0 Å². The Morgan fingerprint density at radius 3 is 2.67 bits per heavy atom. The smallest absolute Gasteiger partial charge is 0.252 e. The van der Waals surface area contributed by atoms with E-state index >= 15 is 0 Å². The van der Waals surface area contributed by atoms with Crippen molar-refractivity contribution in [2.24, 2.45) is 5.92 Å². The Balaban J connectivity index is 1.87. The van der Waals surface area contributed by atoms with Gasteiger partial charge in [-0.25, -0.2) is 4.39 Å². The molecule has 1 aliphatic heterocycles. The molecule has 1 saturated heterocycles. The van der Waals surface area contributed by atoms with Gasteiger partial charge in [0.05, 0.1) is 15.6 Å². The molecule has 1 amide bonds. The number of benzene rings is 1. The van der Waals surface area contributed by atoms with E-state index in [4.69, 9.17) is 23.2 Å². The highest BCUT2D eigenvalue weighted by Crippen LogP contribution is 2.24. The number of amides is 1. The molecule has 1 aliphatic rings. The van der Waals surface area contributed by atoms with Crippen LogP contribution in [0.3, 0.4) is 0 Å². The average Bonchev–Trinajstić information content (AvgIpc) is 2.93. The maximum Gasteiger partial charge on any atom is 0.252 e. The van der Waals surface area contributed by atoms with E-state index in [1.165, 1.54) is 18.9 Å². The molecular formula is C15H19Cl2FN2O. The van der Waals surface area contributed by atoms with Crippen LogP contribution in [0.2, 0.25) is 10.0 Å². The molecule has 21 heavy (non-hydrogen) atoms. The Morgan fingerprint density at radius 2 is 2.00 bits per heavy atom. The summed E-state index contributed by atoms with van der Waals surface area (Å²) in [5.41, 5.74) is 0.118. The summed E-state index contributed by atoms with van der Waals surface area (Å²) in [4.78, 5) is 14.4. The lowest BCUT2D eigenvalue weighted by atomic mass is 10.1. The zero-order valence-corrected chi connectivity index (χ0v) is 13.5. The van der Waals surface area contributed by atoms with E-state index in [2.05, 4.69) is 17.1 Å². The molecule has 1 N–H and O–H groups in total.